The van der Waals surface area contributed by atoms with Gasteiger partial charge in [-0.05, 0) is 54.4 Å². The fourth-order valence-corrected chi connectivity index (χ4v) is 2.99. The molecular formula is C16H28N2O4. The molecule has 2 fully saturated rings. The van der Waals surface area contributed by atoms with Gasteiger partial charge in [0, 0.05) is 19.6 Å². The molecule has 2 rings (SSSR count). The van der Waals surface area contributed by atoms with Gasteiger partial charge in [-0.1, -0.05) is 0 Å². The van der Waals surface area contributed by atoms with E-state index in [1.165, 1.54) is 0 Å². The quantitative estimate of drug-likeness (QED) is 0.690. The normalized spacial score (nSPS) is 20.8. The second-order valence-electron chi connectivity index (χ2n) is 8.30. The van der Waals surface area contributed by atoms with Crippen LogP contribution in [0.3, 0.4) is 0 Å². The molecule has 22 heavy (non-hydrogen) atoms. The van der Waals surface area contributed by atoms with Crippen LogP contribution in [-0.4, -0.2) is 58.4 Å². The van der Waals surface area contributed by atoms with Crippen LogP contribution in [0.1, 0.15) is 54.4 Å². The minimum Gasteiger partial charge on any atom is -0.444 e. The SMILES string of the molecule is CC(C)(C)OC(=O)N1CC2(CCCN2C(=O)OC(C)(C)C)C1. The Morgan fingerprint density at radius 2 is 1.41 bits per heavy atom. The highest BCUT2D eigenvalue weighted by molar-refractivity contribution is 5.73. The molecule has 2 aliphatic rings. The summed E-state index contributed by atoms with van der Waals surface area (Å²) in [5.74, 6) is 0. The Kier molecular flexibility index (Phi) is 4.09. The van der Waals surface area contributed by atoms with E-state index in [2.05, 4.69) is 0 Å². The number of carbonyl (C=O) groups excluding carboxylic acids is 2. The van der Waals surface area contributed by atoms with E-state index in [-0.39, 0.29) is 17.7 Å². The summed E-state index contributed by atoms with van der Waals surface area (Å²) in [5, 5.41) is 0. The van der Waals surface area contributed by atoms with Crippen molar-refractivity contribution in [1.82, 2.24) is 9.80 Å². The van der Waals surface area contributed by atoms with E-state index in [4.69, 9.17) is 9.47 Å². The van der Waals surface area contributed by atoms with Gasteiger partial charge in [0.2, 0.25) is 0 Å². The average Bonchev–Trinajstić information content (AvgIpc) is 2.65. The van der Waals surface area contributed by atoms with E-state index < -0.39 is 11.2 Å². The van der Waals surface area contributed by atoms with E-state index in [0.29, 0.717) is 19.6 Å². The Bertz CT molecular complexity index is 456. The molecule has 0 bridgehead atoms. The van der Waals surface area contributed by atoms with Gasteiger partial charge in [0.15, 0.2) is 0 Å². The number of ether oxygens (including phenoxy) is 2. The van der Waals surface area contributed by atoms with Crippen LogP contribution in [0, 0.1) is 0 Å². The van der Waals surface area contributed by atoms with Crippen molar-refractivity contribution in [2.75, 3.05) is 19.6 Å². The molecule has 0 radical (unpaired) electrons. The van der Waals surface area contributed by atoms with Crippen LogP contribution in [0.15, 0.2) is 0 Å². The van der Waals surface area contributed by atoms with Gasteiger partial charge < -0.3 is 14.4 Å². The molecular weight excluding hydrogens is 284 g/mol. The van der Waals surface area contributed by atoms with Crippen molar-refractivity contribution in [3.63, 3.8) is 0 Å². The summed E-state index contributed by atoms with van der Waals surface area (Å²) in [6, 6.07) is 0. The van der Waals surface area contributed by atoms with E-state index in [1.54, 1.807) is 9.80 Å². The zero-order valence-corrected chi connectivity index (χ0v) is 14.6. The molecule has 2 amide bonds. The van der Waals surface area contributed by atoms with Gasteiger partial charge >= 0.3 is 12.2 Å². The molecule has 0 aromatic carbocycles. The van der Waals surface area contributed by atoms with E-state index >= 15 is 0 Å². The Hall–Kier alpha value is -1.46. The Balaban J connectivity index is 1.96. The fourth-order valence-electron chi connectivity index (χ4n) is 2.99. The summed E-state index contributed by atoms with van der Waals surface area (Å²) in [6.45, 7) is 12.9. The zero-order chi connectivity index (χ0) is 16.8. The summed E-state index contributed by atoms with van der Waals surface area (Å²) in [4.78, 5) is 27.9. The molecule has 0 aromatic heterocycles. The predicted molar refractivity (Wildman–Crippen MR) is 82.7 cm³/mol. The molecule has 6 heteroatoms. The molecule has 0 unspecified atom stereocenters. The van der Waals surface area contributed by atoms with Gasteiger partial charge in [-0.3, -0.25) is 4.90 Å². The van der Waals surface area contributed by atoms with Crippen molar-refractivity contribution in [3.05, 3.63) is 0 Å². The minimum atomic E-state index is -0.505. The van der Waals surface area contributed by atoms with Crippen LogP contribution in [0.5, 0.6) is 0 Å². The van der Waals surface area contributed by atoms with Gasteiger partial charge in [0.1, 0.15) is 11.2 Å². The van der Waals surface area contributed by atoms with Crippen LogP contribution in [0.4, 0.5) is 9.59 Å². The lowest BCUT2D eigenvalue weighted by molar-refractivity contribution is -0.0561. The standard InChI is InChI=1S/C16H28N2O4/c1-14(2,3)21-12(19)17-10-16(11-17)8-7-9-18(16)13(20)22-15(4,5)6/h7-11H2,1-6H3. The second kappa shape index (κ2) is 5.32. The zero-order valence-electron chi connectivity index (χ0n) is 14.6. The van der Waals surface area contributed by atoms with Crippen LogP contribution >= 0.6 is 0 Å². The van der Waals surface area contributed by atoms with Crippen molar-refractivity contribution >= 4 is 12.2 Å². The molecule has 6 nitrogen and oxygen atoms in total. The van der Waals surface area contributed by atoms with E-state index in [1.807, 2.05) is 41.5 Å². The molecule has 1 spiro atoms. The van der Waals surface area contributed by atoms with Crippen LogP contribution in [-0.2, 0) is 9.47 Å². The summed E-state index contributed by atoms with van der Waals surface area (Å²) in [7, 11) is 0. The number of nitrogens with zero attached hydrogens (tertiary/aromatic N) is 2. The first-order valence-electron chi connectivity index (χ1n) is 7.90. The summed E-state index contributed by atoms with van der Waals surface area (Å²) >= 11 is 0. The van der Waals surface area contributed by atoms with Crippen molar-refractivity contribution in [2.45, 2.75) is 71.1 Å². The molecule has 0 N–H and O–H groups in total. The van der Waals surface area contributed by atoms with Gasteiger partial charge in [-0.2, -0.15) is 0 Å². The molecule has 0 aromatic rings. The van der Waals surface area contributed by atoms with Crippen molar-refractivity contribution < 1.29 is 19.1 Å². The fraction of sp³-hybridized carbons (Fsp3) is 0.875. The number of likely N-dealkylation sites (tertiary alicyclic amines) is 2. The van der Waals surface area contributed by atoms with E-state index in [9.17, 15) is 9.59 Å². The van der Waals surface area contributed by atoms with Gasteiger partial charge in [-0.15, -0.1) is 0 Å². The first-order chi connectivity index (χ1) is 9.92. The lowest BCUT2D eigenvalue weighted by atomic mass is 9.87. The first kappa shape index (κ1) is 16.9. The molecule has 0 atom stereocenters. The number of rotatable bonds is 0. The number of carbonyl (C=O) groups is 2. The predicted octanol–water partition coefficient (Wildman–Crippen LogP) is 3.01. The number of hydrogen-bond acceptors (Lipinski definition) is 4. The first-order valence-corrected chi connectivity index (χ1v) is 7.90. The Morgan fingerprint density at radius 1 is 0.909 bits per heavy atom. The van der Waals surface area contributed by atoms with Crippen LogP contribution < -0.4 is 0 Å². The van der Waals surface area contributed by atoms with Crippen molar-refractivity contribution in [3.8, 4) is 0 Å². The molecule has 2 heterocycles. The third kappa shape index (κ3) is 3.65. The molecule has 0 aliphatic carbocycles. The second-order valence-corrected chi connectivity index (χ2v) is 8.30. The van der Waals surface area contributed by atoms with Crippen LogP contribution in [0.2, 0.25) is 0 Å². The highest BCUT2D eigenvalue weighted by atomic mass is 16.6. The maximum absolute atomic E-state index is 12.3. The summed E-state index contributed by atoms with van der Waals surface area (Å²) < 4.78 is 10.9. The van der Waals surface area contributed by atoms with Crippen molar-refractivity contribution in [2.24, 2.45) is 0 Å². The lowest BCUT2D eigenvalue weighted by Gasteiger charge is -2.52. The summed E-state index contributed by atoms with van der Waals surface area (Å²) in [6.07, 6.45) is 1.26. The topological polar surface area (TPSA) is 59.1 Å². The van der Waals surface area contributed by atoms with Crippen LogP contribution in [0.25, 0.3) is 0 Å². The van der Waals surface area contributed by atoms with E-state index in [0.717, 1.165) is 12.8 Å². The number of amides is 2. The summed E-state index contributed by atoms with van der Waals surface area (Å²) in [5.41, 5.74) is -1.27. The van der Waals surface area contributed by atoms with Gasteiger partial charge in [0.05, 0.1) is 5.54 Å². The molecule has 126 valence electrons. The molecule has 2 aliphatic heterocycles. The Labute approximate surface area is 132 Å². The maximum atomic E-state index is 12.3. The third-order valence-corrected chi connectivity index (χ3v) is 3.83. The smallest absolute Gasteiger partial charge is 0.410 e. The highest BCUT2D eigenvalue weighted by Crippen LogP contribution is 2.39. The monoisotopic (exact) mass is 312 g/mol. The average molecular weight is 312 g/mol. The largest absolute Gasteiger partial charge is 0.444 e. The highest BCUT2D eigenvalue weighted by Gasteiger charge is 2.55. The molecule has 0 saturated carbocycles. The maximum Gasteiger partial charge on any atom is 0.410 e. The lowest BCUT2D eigenvalue weighted by Crippen LogP contribution is -2.70. The number of hydrogen-bond donors (Lipinski definition) is 0. The molecule has 2 saturated heterocycles. The van der Waals surface area contributed by atoms with Crippen molar-refractivity contribution in [1.29, 1.82) is 0 Å². The third-order valence-electron chi connectivity index (χ3n) is 3.83. The van der Waals surface area contributed by atoms with Gasteiger partial charge in [-0.25, -0.2) is 9.59 Å². The van der Waals surface area contributed by atoms with Gasteiger partial charge in [0.25, 0.3) is 0 Å². The minimum absolute atomic E-state index is 0.265. The Morgan fingerprint density at radius 3 is 1.91 bits per heavy atom.